The third kappa shape index (κ3) is 10.1. The van der Waals surface area contributed by atoms with Crippen molar-refractivity contribution in [1.29, 1.82) is 0 Å². The summed E-state index contributed by atoms with van der Waals surface area (Å²) in [4.78, 5) is 69.4. The lowest BCUT2D eigenvalue weighted by Gasteiger charge is -2.38. The molecule has 0 spiro atoms. The van der Waals surface area contributed by atoms with Crippen LogP contribution in [0.3, 0.4) is 0 Å². The van der Waals surface area contributed by atoms with Crippen LogP contribution < -0.4 is 14.8 Å². The number of carbonyl (C=O) groups excluding carboxylic acids is 5. The van der Waals surface area contributed by atoms with Gasteiger partial charge in [-0.15, -0.1) is 0 Å². The summed E-state index contributed by atoms with van der Waals surface area (Å²) in [5.74, 6) is -8.49. The highest BCUT2D eigenvalue weighted by Gasteiger charge is 2.50. The molecule has 9 atom stereocenters. The number of hydrogen-bond acceptors (Lipinski definition) is 15. The average molecular weight is 896 g/mol. The first-order valence-electron chi connectivity index (χ1n) is 21.3. The Morgan fingerprint density at radius 1 is 0.922 bits per heavy atom. The van der Waals surface area contributed by atoms with Crippen LogP contribution in [-0.4, -0.2) is 137 Å². The molecular weight excluding hydrogens is 835 g/mol. The molecule has 0 unspecified atom stereocenters. The number of fused-ring (bicyclic) bond motifs is 14. The first kappa shape index (κ1) is 49.2. The summed E-state index contributed by atoms with van der Waals surface area (Å²) >= 11 is 0. The fraction of sp³-hybridized carbons (Fsp3) is 0.543. The van der Waals surface area contributed by atoms with Gasteiger partial charge in [-0.05, 0) is 26.8 Å². The van der Waals surface area contributed by atoms with Crippen molar-refractivity contribution in [1.82, 2.24) is 9.80 Å². The zero-order valence-corrected chi connectivity index (χ0v) is 38.0. The van der Waals surface area contributed by atoms with Crippen LogP contribution in [0.15, 0.2) is 42.2 Å². The van der Waals surface area contributed by atoms with Crippen molar-refractivity contribution in [2.75, 3.05) is 51.8 Å². The molecule has 18 nitrogen and oxygen atoms in total. The molecule has 5 bridgehead atoms. The lowest BCUT2D eigenvalue weighted by atomic mass is 9.78. The minimum Gasteiger partial charge on any atom is -0.507 e. The van der Waals surface area contributed by atoms with Gasteiger partial charge in [0.15, 0.2) is 12.4 Å². The number of aromatic hydroxyl groups is 2. The van der Waals surface area contributed by atoms with Crippen LogP contribution in [0, 0.1) is 30.6 Å². The van der Waals surface area contributed by atoms with E-state index in [0.29, 0.717) is 0 Å². The zero-order valence-electron chi connectivity index (χ0n) is 38.0. The van der Waals surface area contributed by atoms with Gasteiger partial charge in [-0.3, -0.25) is 19.2 Å². The van der Waals surface area contributed by atoms with Gasteiger partial charge >= 0.3 is 17.8 Å². The number of amides is 3. The molecule has 3 amide bonds. The van der Waals surface area contributed by atoms with Crippen molar-refractivity contribution in [3.05, 3.63) is 53.3 Å². The lowest BCUT2D eigenvalue weighted by molar-refractivity contribution is -0.160. The largest absolute Gasteiger partial charge is 0.507 e. The van der Waals surface area contributed by atoms with Crippen molar-refractivity contribution in [2.45, 2.75) is 92.5 Å². The Morgan fingerprint density at radius 3 is 2.20 bits per heavy atom. The average Bonchev–Trinajstić information content (AvgIpc) is 3.53. The number of carbonyl (C=O) groups is 5. The third-order valence-corrected chi connectivity index (χ3v) is 12.3. The summed E-state index contributed by atoms with van der Waals surface area (Å²) in [6.45, 7) is 14.6. The Balaban J connectivity index is 1.61. The molecule has 2 aromatic carbocycles. The highest BCUT2D eigenvalue weighted by molar-refractivity contribution is 6.21. The molecule has 6 rings (SSSR count). The van der Waals surface area contributed by atoms with Gasteiger partial charge in [-0.25, -0.2) is 4.79 Å². The van der Waals surface area contributed by atoms with Gasteiger partial charge in [0, 0.05) is 93.4 Å². The van der Waals surface area contributed by atoms with Crippen LogP contribution in [0.25, 0.3) is 10.8 Å². The van der Waals surface area contributed by atoms with Crippen molar-refractivity contribution in [3.8, 4) is 23.0 Å². The number of ketones is 1. The quantitative estimate of drug-likeness (QED) is 0.195. The fourth-order valence-electron chi connectivity index (χ4n) is 8.33. The van der Waals surface area contributed by atoms with E-state index in [4.69, 9.17) is 28.4 Å². The number of nitrogens with zero attached hydrogens (tertiary/aromatic N) is 2. The molecule has 0 aliphatic carbocycles. The van der Waals surface area contributed by atoms with Gasteiger partial charge in [-0.1, -0.05) is 45.9 Å². The second kappa shape index (κ2) is 20.3. The van der Waals surface area contributed by atoms with E-state index in [0.717, 1.165) is 0 Å². The lowest BCUT2D eigenvalue weighted by Crippen LogP contribution is -2.51. The van der Waals surface area contributed by atoms with E-state index in [1.165, 1.54) is 69.1 Å². The predicted octanol–water partition coefficient (Wildman–Crippen LogP) is 4.73. The maximum atomic E-state index is 14.6. The Kier molecular flexibility index (Phi) is 15.6. The van der Waals surface area contributed by atoms with Gasteiger partial charge in [0.05, 0.1) is 47.8 Å². The minimum absolute atomic E-state index is 0.0462. The number of methoxy groups -OCH3 is 1. The SMILES string of the molecule is CCOC(=O)N1CCN(C(=O)COc2cc3c(O)c4c(O)c(C)c5c(c24)C(=O)[C@@](C)(O/C=C/[C@H](OC)[C@H](C)[C@@H](OC(C)=O)[C@@H](C)[C@H](O)[C@H](C)[C@@H](O)[C@@H](C)/C=C/C=C(/C)C(=O)N3)O5)CC1. The maximum absolute atomic E-state index is 14.6. The molecule has 4 aliphatic rings. The summed E-state index contributed by atoms with van der Waals surface area (Å²) in [5, 5.41) is 48.6. The maximum Gasteiger partial charge on any atom is 0.409 e. The first-order chi connectivity index (χ1) is 30.2. The van der Waals surface area contributed by atoms with Gasteiger partial charge in [0.2, 0.25) is 0 Å². The molecule has 64 heavy (non-hydrogen) atoms. The van der Waals surface area contributed by atoms with E-state index in [9.17, 15) is 44.4 Å². The van der Waals surface area contributed by atoms with E-state index >= 15 is 0 Å². The van der Waals surface area contributed by atoms with E-state index < -0.39 is 102 Å². The van der Waals surface area contributed by atoms with Crippen LogP contribution in [0.4, 0.5) is 10.5 Å². The molecule has 2 aromatic rings. The molecule has 1 fully saturated rings. The highest BCUT2D eigenvalue weighted by atomic mass is 16.7. The number of allylic oxidation sites excluding steroid dienone is 2. The number of phenols is 2. The Hall–Kier alpha value is -5.85. The standard InChI is InChI=1S/C46H61N3O15/c1-11-60-45(58)49-18-16-48(17-19-49)33(51)22-61-32-21-30-40(55)35-34(32)36-42(28(7)39(35)54)64-46(9,43(36)56)62-20-15-31(59-10)25(4)41(63-29(8)50)27(6)38(53)26(5)37(52)23(2)13-12-14-24(3)44(57)47-30/h12-15,20-21,23,25-27,31,37-38,41,52-55H,11,16-19,22H2,1-10H3,(H,47,57)/b13-12+,20-15+,24-14-/t23-,25-,26+,27-,31-,37-,38+,41+,46-/m0/s1. The molecule has 18 heteroatoms. The second-order valence-electron chi connectivity index (χ2n) is 16.8. The molecule has 1 saturated heterocycles. The van der Waals surface area contributed by atoms with Crippen LogP contribution in [-0.2, 0) is 33.3 Å². The number of piperazine rings is 1. The van der Waals surface area contributed by atoms with Crippen LogP contribution >= 0.6 is 0 Å². The minimum atomic E-state index is -2.07. The van der Waals surface area contributed by atoms with Crippen molar-refractivity contribution in [2.24, 2.45) is 23.7 Å². The van der Waals surface area contributed by atoms with E-state index in [-0.39, 0.29) is 77.4 Å². The number of phenolic OH excluding ortho intramolecular Hbond substituents is 2. The predicted molar refractivity (Wildman–Crippen MR) is 233 cm³/mol. The summed E-state index contributed by atoms with van der Waals surface area (Å²) in [6, 6.07) is 1.23. The zero-order chi connectivity index (χ0) is 47.4. The molecule has 0 saturated carbocycles. The van der Waals surface area contributed by atoms with Gasteiger partial charge in [0.1, 0.15) is 23.4 Å². The smallest absolute Gasteiger partial charge is 0.409 e. The summed E-state index contributed by atoms with van der Waals surface area (Å²) in [7, 11) is 1.43. The van der Waals surface area contributed by atoms with Crippen molar-refractivity contribution < 1.29 is 72.8 Å². The second-order valence-corrected chi connectivity index (χ2v) is 16.8. The number of aliphatic hydroxyl groups excluding tert-OH is 2. The number of rotatable bonds is 6. The third-order valence-electron chi connectivity index (χ3n) is 12.3. The van der Waals surface area contributed by atoms with Crippen LogP contribution in [0.1, 0.15) is 71.3 Å². The van der Waals surface area contributed by atoms with Gasteiger partial charge in [-0.2, -0.15) is 0 Å². The van der Waals surface area contributed by atoms with Crippen LogP contribution in [0.5, 0.6) is 23.0 Å². The first-order valence-corrected chi connectivity index (χ1v) is 21.3. The van der Waals surface area contributed by atoms with E-state index in [2.05, 4.69) is 5.32 Å². The molecular formula is C46H61N3O15. The summed E-state index contributed by atoms with van der Waals surface area (Å²) in [5.41, 5.74) is -0.150. The number of nitrogens with one attached hydrogen (secondary N) is 1. The Morgan fingerprint density at radius 2 is 1.58 bits per heavy atom. The monoisotopic (exact) mass is 895 g/mol. The number of esters is 1. The fourth-order valence-corrected chi connectivity index (χ4v) is 8.33. The molecule has 0 radical (unpaired) electrons. The molecule has 0 aromatic heterocycles. The molecule has 5 N–H and O–H groups in total. The van der Waals surface area contributed by atoms with Gasteiger partial charge < -0.3 is 64.0 Å². The summed E-state index contributed by atoms with van der Waals surface area (Å²) in [6.07, 6.45) is 2.95. The molecule has 350 valence electrons. The number of ether oxygens (including phenoxy) is 6. The van der Waals surface area contributed by atoms with E-state index in [1.807, 2.05) is 0 Å². The highest BCUT2D eigenvalue weighted by Crippen LogP contribution is 2.54. The number of hydrogen-bond donors (Lipinski definition) is 5. The topological polar surface area (TPSA) is 240 Å². The molecule has 4 heterocycles. The Bertz CT molecular complexity index is 2210. The van der Waals surface area contributed by atoms with Crippen molar-refractivity contribution in [3.63, 3.8) is 0 Å². The summed E-state index contributed by atoms with van der Waals surface area (Å²) < 4.78 is 34.9. The number of benzene rings is 2. The van der Waals surface area contributed by atoms with Crippen molar-refractivity contribution >= 4 is 46.1 Å². The number of aliphatic hydroxyl groups is 2. The number of Topliss-reactive ketones (excluding diaryl/α,β-unsaturated/α-hetero) is 1. The molecule has 4 aliphatic heterocycles. The normalized spacial score (nSPS) is 29.8. The number of anilines is 1. The van der Waals surface area contributed by atoms with Crippen LogP contribution in [0.2, 0.25) is 0 Å². The van der Waals surface area contributed by atoms with Gasteiger partial charge in [0.25, 0.3) is 17.6 Å². The Labute approximate surface area is 372 Å². The van der Waals surface area contributed by atoms with E-state index in [1.54, 1.807) is 46.8 Å².